The molecular weight excluding hydrogens is 244 g/mol. The third-order valence-corrected chi connectivity index (χ3v) is 3.49. The molecule has 0 spiro atoms. The van der Waals surface area contributed by atoms with Crippen LogP contribution in [0.5, 0.6) is 0 Å². The smallest absolute Gasteiger partial charge is 0.293 e. The highest BCUT2D eigenvalue weighted by Gasteiger charge is 2.20. The third-order valence-electron chi connectivity index (χ3n) is 3.49. The Morgan fingerprint density at radius 2 is 2.47 bits per heavy atom. The second-order valence-corrected chi connectivity index (χ2v) is 4.91. The summed E-state index contributed by atoms with van der Waals surface area (Å²) < 4.78 is 10.4. The predicted octanol–water partition coefficient (Wildman–Crippen LogP) is 1.51. The number of nitrogens with one attached hydrogen (secondary N) is 1. The second-order valence-electron chi connectivity index (χ2n) is 4.91. The monoisotopic (exact) mass is 262 g/mol. The molecule has 0 saturated carbocycles. The molecule has 0 bridgehead atoms. The molecule has 102 valence electrons. The summed E-state index contributed by atoms with van der Waals surface area (Å²) in [4.78, 5) is 6.62. The van der Waals surface area contributed by atoms with Crippen molar-refractivity contribution in [3.8, 4) is 11.7 Å². The Labute approximate surface area is 111 Å². The molecular formula is C13H18N4O2. The van der Waals surface area contributed by atoms with Crippen LogP contribution in [0.15, 0.2) is 27.3 Å². The summed E-state index contributed by atoms with van der Waals surface area (Å²) in [6, 6.07) is 4.16. The Balaban J connectivity index is 1.63. The van der Waals surface area contributed by atoms with E-state index in [-0.39, 0.29) is 0 Å². The first-order chi connectivity index (χ1) is 9.33. The van der Waals surface area contributed by atoms with Crippen molar-refractivity contribution in [3.63, 3.8) is 0 Å². The number of aromatic nitrogens is 2. The standard InChI is InChI=1S/C13H18N4O2/c1-17(10-4-2-6-14-8-10)9-12-15-13(19-16-12)11-5-3-7-18-11/h3,5,7,10,14H,2,4,6,8-9H2,1H3. The zero-order valence-corrected chi connectivity index (χ0v) is 11.0. The van der Waals surface area contributed by atoms with E-state index in [0.717, 1.165) is 13.1 Å². The van der Waals surface area contributed by atoms with Crippen molar-refractivity contribution in [3.05, 3.63) is 24.2 Å². The SMILES string of the molecule is CN(Cc1noc(-c2ccco2)n1)C1CCCNC1. The fraction of sp³-hybridized carbons (Fsp3) is 0.538. The van der Waals surface area contributed by atoms with E-state index in [4.69, 9.17) is 8.94 Å². The van der Waals surface area contributed by atoms with E-state index >= 15 is 0 Å². The van der Waals surface area contributed by atoms with Crippen LogP contribution in [0.3, 0.4) is 0 Å². The lowest BCUT2D eigenvalue weighted by Gasteiger charge is -2.30. The van der Waals surface area contributed by atoms with Crippen LogP contribution >= 0.6 is 0 Å². The van der Waals surface area contributed by atoms with Crippen LogP contribution in [0.25, 0.3) is 11.7 Å². The van der Waals surface area contributed by atoms with Crippen molar-refractivity contribution < 1.29 is 8.94 Å². The van der Waals surface area contributed by atoms with Gasteiger partial charge in [-0.3, -0.25) is 4.90 Å². The van der Waals surface area contributed by atoms with Gasteiger partial charge in [0.2, 0.25) is 0 Å². The van der Waals surface area contributed by atoms with Crippen LogP contribution < -0.4 is 5.32 Å². The molecule has 1 fully saturated rings. The lowest BCUT2D eigenvalue weighted by Crippen LogP contribution is -2.43. The number of hydrogen-bond donors (Lipinski definition) is 1. The van der Waals surface area contributed by atoms with Gasteiger partial charge in [0.25, 0.3) is 5.89 Å². The van der Waals surface area contributed by atoms with Crippen LogP contribution in [-0.4, -0.2) is 41.2 Å². The van der Waals surface area contributed by atoms with Crippen LogP contribution in [0.2, 0.25) is 0 Å². The molecule has 1 aliphatic heterocycles. The van der Waals surface area contributed by atoms with Crippen molar-refractivity contribution in [1.29, 1.82) is 0 Å². The highest BCUT2D eigenvalue weighted by molar-refractivity contribution is 5.42. The molecule has 6 nitrogen and oxygen atoms in total. The van der Waals surface area contributed by atoms with E-state index < -0.39 is 0 Å². The van der Waals surface area contributed by atoms with E-state index in [2.05, 4.69) is 27.4 Å². The minimum absolute atomic E-state index is 0.440. The first kappa shape index (κ1) is 12.4. The van der Waals surface area contributed by atoms with Gasteiger partial charge in [-0.2, -0.15) is 4.98 Å². The van der Waals surface area contributed by atoms with Gasteiger partial charge in [0.1, 0.15) is 0 Å². The summed E-state index contributed by atoms with van der Waals surface area (Å²) in [6.45, 7) is 2.84. The normalized spacial score (nSPS) is 20.0. The summed E-state index contributed by atoms with van der Waals surface area (Å²) in [5.41, 5.74) is 0. The third kappa shape index (κ3) is 2.85. The fourth-order valence-corrected chi connectivity index (χ4v) is 2.38. The highest BCUT2D eigenvalue weighted by atomic mass is 16.5. The topological polar surface area (TPSA) is 67.3 Å². The van der Waals surface area contributed by atoms with Crippen molar-refractivity contribution >= 4 is 0 Å². The Kier molecular flexibility index (Phi) is 3.61. The average Bonchev–Trinajstić information content (AvgIpc) is 3.10. The summed E-state index contributed by atoms with van der Waals surface area (Å²) in [7, 11) is 2.10. The van der Waals surface area contributed by atoms with Gasteiger partial charge < -0.3 is 14.3 Å². The van der Waals surface area contributed by atoms with Crippen molar-refractivity contribution in [2.24, 2.45) is 0 Å². The molecule has 2 aromatic heterocycles. The van der Waals surface area contributed by atoms with Crippen LogP contribution in [-0.2, 0) is 6.54 Å². The van der Waals surface area contributed by atoms with E-state index in [0.29, 0.717) is 30.1 Å². The first-order valence-corrected chi connectivity index (χ1v) is 6.60. The molecule has 0 aromatic carbocycles. The Hall–Kier alpha value is -1.66. The molecule has 1 aliphatic rings. The molecule has 3 heterocycles. The molecule has 0 amide bonds. The summed E-state index contributed by atoms with van der Waals surface area (Å²) in [5, 5.41) is 7.41. The van der Waals surface area contributed by atoms with Gasteiger partial charge in [0.05, 0.1) is 12.8 Å². The Bertz CT molecular complexity index is 502. The number of likely N-dealkylation sites (N-methyl/N-ethyl adjacent to an activating group) is 1. The van der Waals surface area contributed by atoms with Crippen LogP contribution in [0.1, 0.15) is 18.7 Å². The van der Waals surface area contributed by atoms with Gasteiger partial charge in [-0.15, -0.1) is 0 Å². The number of furan rings is 1. The van der Waals surface area contributed by atoms with E-state index in [1.54, 1.807) is 12.3 Å². The molecule has 0 radical (unpaired) electrons. The van der Waals surface area contributed by atoms with Gasteiger partial charge in [-0.1, -0.05) is 5.16 Å². The lowest BCUT2D eigenvalue weighted by atomic mass is 10.1. The molecule has 3 rings (SSSR count). The predicted molar refractivity (Wildman–Crippen MR) is 69.4 cm³/mol. The molecule has 6 heteroatoms. The van der Waals surface area contributed by atoms with E-state index in [9.17, 15) is 0 Å². The summed E-state index contributed by atoms with van der Waals surface area (Å²) >= 11 is 0. The molecule has 19 heavy (non-hydrogen) atoms. The number of hydrogen-bond acceptors (Lipinski definition) is 6. The van der Waals surface area contributed by atoms with E-state index in [1.165, 1.54) is 12.8 Å². The van der Waals surface area contributed by atoms with Gasteiger partial charge in [-0.25, -0.2) is 0 Å². The minimum atomic E-state index is 0.440. The highest BCUT2D eigenvalue weighted by Crippen LogP contribution is 2.18. The maximum Gasteiger partial charge on any atom is 0.293 e. The number of nitrogens with zero attached hydrogens (tertiary/aromatic N) is 3. The molecule has 1 unspecified atom stereocenters. The number of piperidine rings is 1. The largest absolute Gasteiger partial charge is 0.459 e. The van der Waals surface area contributed by atoms with Gasteiger partial charge in [0, 0.05) is 12.6 Å². The minimum Gasteiger partial charge on any atom is -0.459 e. The average molecular weight is 262 g/mol. The summed E-state index contributed by atoms with van der Waals surface area (Å²) in [5.74, 6) is 1.75. The quantitative estimate of drug-likeness (QED) is 0.901. The van der Waals surface area contributed by atoms with Crippen LogP contribution in [0, 0.1) is 0 Å². The lowest BCUT2D eigenvalue weighted by molar-refractivity contribution is 0.190. The molecule has 2 aromatic rings. The molecule has 0 aliphatic carbocycles. The Morgan fingerprint density at radius 3 is 3.21 bits per heavy atom. The maximum atomic E-state index is 5.23. The van der Waals surface area contributed by atoms with Crippen molar-refractivity contribution in [1.82, 2.24) is 20.4 Å². The fourth-order valence-electron chi connectivity index (χ4n) is 2.38. The zero-order chi connectivity index (χ0) is 13.1. The number of rotatable bonds is 4. The maximum absolute atomic E-state index is 5.23. The van der Waals surface area contributed by atoms with Gasteiger partial charge >= 0.3 is 0 Å². The van der Waals surface area contributed by atoms with Gasteiger partial charge in [-0.05, 0) is 38.6 Å². The van der Waals surface area contributed by atoms with Crippen molar-refractivity contribution in [2.45, 2.75) is 25.4 Å². The first-order valence-electron chi connectivity index (χ1n) is 6.60. The van der Waals surface area contributed by atoms with Crippen LogP contribution in [0.4, 0.5) is 0 Å². The summed E-state index contributed by atoms with van der Waals surface area (Å²) in [6.07, 6.45) is 4.03. The molecule has 1 atom stereocenters. The van der Waals surface area contributed by atoms with Crippen molar-refractivity contribution in [2.75, 3.05) is 20.1 Å². The zero-order valence-electron chi connectivity index (χ0n) is 11.0. The molecule has 1 saturated heterocycles. The Morgan fingerprint density at radius 1 is 1.53 bits per heavy atom. The van der Waals surface area contributed by atoms with Gasteiger partial charge in [0.15, 0.2) is 11.6 Å². The molecule has 1 N–H and O–H groups in total. The second kappa shape index (κ2) is 5.54. The van der Waals surface area contributed by atoms with E-state index in [1.807, 2.05) is 6.07 Å².